The highest BCUT2D eigenvalue weighted by Gasteiger charge is 2.57. The number of esters is 1. The summed E-state index contributed by atoms with van der Waals surface area (Å²) in [4.78, 5) is 23.0. The lowest BCUT2D eigenvalue weighted by atomic mass is 9.61. The number of carbonyl (C=O) groups is 2. The Kier molecular flexibility index (Phi) is 1.79. The van der Waals surface area contributed by atoms with Crippen LogP contribution in [0.1, 0.15) is 40.0 Å². The van der Waals surface area contributed by atoms with E-state index in [0.717, 1.165) is 0 Å². The van der Waals surface area contributed by atoms with Crippen molar-refractivity contribution in [3.63, 3.8) is 0 Å². The number of hydrogen-bond acceptors (Lipinski definition) is 3. The zero-order chi connectivity index (χ0) is 10.6. The molecule has 0 radical (unpaired) electrons. The maximum absolute atomic E-state index is 11.7. The number of Topliss-reactive ketones (excluding diaryl/α,β-unsaturated/α-hetero) is 1. The van der Waals surface area contributed by atoms with Gasteiger partial charge in [0, 0.05) is 17.8 Å². The van der Waals surface area contributed by atoms with Gasteiger partial charge >= 0.3 is 5.97 Å². The van der Waals surface area contributed by atoms with E-state index >= 15 is 0 Å². The van der Waals surface area contributed by atoms with Crippen LogP contribution in [-0.4, -0.2) is 17.4 Å². The van der Waals surface area contributed by atoms with Crippen molar-refractivity contribution in [1.82, 2.24) is 0 Å². The van der Waals surface area contributed by atoms with Crippen molar-refractivity contribution in [3.05, 3.63) is 0 Å². The summed E-state index contributed by atoms with van der Waals surface area (Å²) in [6.07, 6.45) is 1.62. The molecule has 14 heavy (non-hydrogen) atoms. The van der Waals surface area contributed by atoms with Crippen molar-refractivity contribution in [2.24, 2.45) is 11.3 Å². The maximum Gasteiger partial charge on any atom is 0.306 e. The van der Waals surface area contributed by atoms with Crippen molar-refractivity contribution in [2.75, 3.05) is 0 Å². The molecule has 1 saturated carbocycles. The molecule has 0 aromatic heterocycles. The van der Waals surface area contributed by atoms with Crippen LogP contribution in [0.5, 0.6) is 0 Å². The van der Waals surface area contributed by atoms with Gasteiger partial charge in [0.15, 0.2) is 0 Å². The molecule has 0 aromatic rings. The molecule has 1 heterocycles. The minimum atomic E-state index is -0.404. The highest BCUT2D eigenvalue weighted by molar-refractivity contribution is 5.87. The van der Waals surface area contributed by atoms with Crippen LogP contribution in [0, 0.1) is 11.3 Å². The first-order valence-electron chi connectivity index (χ1n) is 5.11. The number of rotatable bonds is 0. The standard InChI is InChI=1S/C11H16O3/c1-10(2)7-6-9(13)14-11(7,3)5-4-8(10)12/h7H,4-6H2,1-3H3/t7-,11-/m1/s1. The Labute approximate surface area is 83.8 Å². The minimum Gasteiger partial charge on any atom is -0.459 e. The second-order valence-electron chi connectivity index (χ2n) is 5.19. The molecule has 2 aliphatic rings. The van der Waals surface area contributed by atoms with Gasteiger partial charge in [0.05, 0.1) is 6.42 Å². The summed E-state index contributed by atoms with van der Waals surface area (Å²) in [7, 11) is 0. The van der Waals surface area contributed by atoms with Crippen LogP contribution in [0.3, 0.4) is 0 Å². The fourth-order valence-electron chi connectivity index (χ4n) is 2.88. The molecule has 2 atom stereocenters. The van der Waals surface area contributed by atoms with E-state index in [2.05, 4.69) is 0 Å². The molecule has 0 spiro atoms. The van der Waals surface area contributed by atoms with Gasteiger partial charge in [0.25, 0.3) is 0 Å². The first kappa shape index (κ1) is 9.69. The molecule has 0 N–H and O–H groups in total. The maximum atomic E-state index is 11.7. The molecule has 0 aromatic carbocycles. The van der Waals surface area contributed by atoms with E-state index in [1.807, 2.05) is 20.8 Å². The number of fused-ring (bicyclic) bond motifs is 1. The summed E-state index contributed by atoms with van der Waals surface area (Å²) in [6.45, 7) is 5.81. The van der Waals surface area contributed by atoms with Crippen LogP contribution in [0.15, 0.2) is 0 Å². The summed E-state index contributed by atoms with van der Waals surface area (Å²) in [5.74, 6) is 0.169. The lowest BCUT2D eigenvalue weighted by Crippen LogP contribution is -2.49. The Morgan fingerprint density at radius 2 is 1.93 bits per heavy atom. The van der Waals surface area contributed by atoms with E-state index in [9.17, 15) is 9.59 Å². The van der Waals surface area contributed by atoms with Crippen LogP contribution in [-0.2, 0) is 14.3 Å². The largest absolute Gasteiger partial charge is 0.459 e. The lowest BCUT2D eigenvalue weighted by molar-refractivity contribution is -0.157. The van der Waals surface area contributed by atoms with Crippen molar-refractivity contribution in [3.8, 4) is 0 Å². The second kappa shape index (κ2) is 2.59. The van der Waals surface area contributed by atoms with Crippen molar-refractivity contribution in [2.45, 2.75) is 45.6 Å². The van der Waals surface area contributed by atoms with E-state index in [4.69, 9.17) is 4.74 Å². The molecule has 2 fully saturated rings. The zero-order valence-electron chi connectivity index (χ0n) is 8.92. The minimum absolute atomic E-state index is 0.0590. The molecule has 1 saturated heterocycles. The van der Waals surface area contributed by atoms with Gasteiger partial charge in [0.1, 0.15) is 11.4 Å². The second-order valence-corrected chi connectivity index (χ2v) is 5.19. The molecule has 1 aliphatic carbocycles. The molecule has 2 rings (SSSR count). The molecule has 78 valence electrons. The van der Waals surface area contributed by atoms with Crippen molar-refractivity contribution in [1.29, 1.82) is 0 Å². The monoisotopic (exact) mass is 196 g/mol. The topological polar surface area (TPSA) is 43.4 Å². The molecular weight excluding hydrogens is 180 g/mol. The van der Waals surface area contributed by atoms with Gasteiger partial charge in [0.2, 0.25) is 0 Å². The Morgan fingerprint density at radius 1 is 1.29 bits per heavy atom. The first-order chi connectivity index (χ1) is 6.36. The number of ketones is 1. The Morgan fingerprint density at radius 3 is 2.57 bits per heavy atom. The van der Waals surface area contributed by atoms with E-state index in [1.165, 1.54) is 0 Å². The van der Waals surface area contributed by atoms with Crippen LogP contribution in [0.25, 0.3) is 0 Å². The van der Waals surface area contributed by atoms with Gasteiger partial charge in [-0.25, -0.2) is 0 Å². The predicted molar refractivity (Wildman–Crippen MR) is 50.6 cm³/mol. The third-order valence-corrected chi connectivity index (χ3v) is 3.89. The van der Waals surface area contributed by atoms with E-state index in [-0.39, 0.29) is 17.7 Å². The first-order valence-corrected chi connectivity index (χ1v) is 5.11. The van der Waals surface area contributed by atoms with Crippen LogP contribution in [0.4, 0.5) is 0 Å². The highest BCUT2D eigenvalue weighted by atomic mass is 16.6. The van der Waals surface area contributed by atoms with Crippen LogP contribution in [0.2, 0.25) is 0 Å². The molecule has 1 aliphatic heterocycles. The van der Waals surface area contributed by atoms with Gasteiger partial charge in [-0.15, -0.1) is 0 Å². The van der Waals surface area contributed by atoms with Gasteiger partial charge in [-0.3, -0.25) is 9.59 Å². The zero-order valence-corrected chi connectivity index (χ0v) is 8.92. The van der Waals surface area contributed by atoms with Crippen LogP contribution < -0.4 is 0 Å². The molecule has 0 unspecified atom stereocenters. The average molecular weight is 196 g/mol. The van der Waals surface area contributed by atoms with Gasteiger partial charge in [-0.05, 0) is 13.3 Å². The van der Waals surface area contributed by atoms with Crippen molar-refractivity contribution < 1.29 is 14.3 Å². The molecule has 0 bridgehead atoms. The van der Waals surface area contributed by atoms with E-state index in [0.29, 0.717) is 19.3 Å². The Hall–Kier alpha value is -0.860. The summed E-state index contributed by atoms with van der Waals surface area (Å²) in [6, 6.07) is 0. The molecule has 3 heteroatoms. The predicted octanol–water partition coefficient (Wildman–Crippen LogP) is 1.70. The fourth-order valence-corrected chi connectivity index (χ4v) is 2.88. The Balaban J connectivity index is 2.38. The highest BCUT2D eigenvalue weighted by Crippen LogP contribution is 2.51. The summed E-state index contributed by atoms with van der Waals surface area (Å²) < 4.78 is 5.35. The molecule has 0 amide bonds. The third kappa shape index (κ3) is 1.11. The number of carbonyl (C=O) groups excluding carboxylic acids is 2. The van der Waals surface area contributed by atoms with E-state index < -0.39 is 11.0 Å². The SMILES string of the molecule is CC1(C)C(=O)CC[C@@]2(C)OC(=O)C[C@H]12. The summed E-state index contributed by atoms with van der Waals surface area (Å²) in [5.41, 5.74) is -0.798. The lowest BCUT2D eigenvalue weighted by Gasteiger charge is -2.43. The quantitative estimate of drug-likeness (QED) is 0.554. The number of hydrogen-bond donors (Lipinski definition) is 0. The normalized spacial score (nSPS) is 40.6. The van der Waals surface area contributed by atoms with Gasteiger partial charge in [-0.2, -0.15) is 0 Å². The van der Waals surface area contributed by atoms with Gasteiger partial charge in [-0.1, -0.05) is 13.8 Å². The van der Waals surface area contributed by atoms with Gasteiger partial charge < -0.3 is 4.74 Å². The van der Waals surface area contributed by atoms with Crippen LogP contribution >= 0.6 is 0 Å². The van der Waals surface area contributed by atoms with Crippen molar-refractivity contribution >= 4 is 11.8 Å². The van der Waals surface area contributed by atoms with E-state index in [1.54, 1.807) is 0 Å². The summed E-state index contributed by atoms with van der Waals surface area (Å²) >= 11 is 0. The molecule has 3 nitrogen and oxygen atoms in total. The summed E-state index contributed by atoms with van der Waals surface area (Å²) in [5, 5.41) is 0. The molecular formula is C11H16O3. The number of ether oxygens (including phenoxy) is 1. The Bertz CT molecular complexity index is 306. The third-order valence-electron chi connectivity index (χ3n) is 3.89. The smallest absolute Gasteiger partial charge is 0.306 e. The average Bonchev–Trinajstić information content (AvgIpc) is 2.37. The fraction of sp³-hybridized carbons (Fsp3) is 0.818.